The van der Waals surface area contributed by atoms with Crippen molar-refractivity contribution in [3.63, 3.8) is 0 Å². The highest BCUT2D eigenvalue weighted by Crippen LogP contribution is 2.30. The van der Waals surface area contributed by atoms with Crippen molar-refractivity contribution in [2.24, 2.45) is 5.92 Å². The third-order valence-electron chi connectivity index (χ3n) is 3.96. The number of hydrogen-bond donors (Lipinski definition) is 2. The van der Waals surface area contributed by atoms with Crippen molar-refractivity contribution in [1.82, 2.24) is 9.88 Å². The fraction of sp³-hybridized carbons (Fsp3) is 0.667. The number of hydrogen-bond acceptors (Lipinski definition) is 5. The van der Waals surface area contributed by atoms with Gasteiger partial charge in [0.2, 0.25) is 5.88 Å². The number of nitrogens with zero attached hydrogens (tertiary/aromatic N) is 2. The van der Waals surface area contributed by atoms with E-state index in [1.807, 2.05) is 12.1 Å². The molecule has 1 heterocycles. The van der Waals surface area contributed by atoms with Gasteiger partial charge < -0.3 is 20.7 Å². The Labute approximate surface area is 121 Å². The lowest BCUT2D eigenvalue weighted by Crippen LogP contribution is -2.44. The van der Waals surface area contributed by atoms with Gasteiger partial charge in [-0.05, 0) is 58.8 Å². The maximum absolute atomic E-state index is 5.90. The zero-order valence-electron chi connectivity index (χ0n) is 12.9. The normalized spacial score (nSPS) is 15.4. The van der Waals surface area contributed by atoms with Gasteiger partial charge in [-0.3, -0.25) is 0 Å². The van der Waals surface area contributed by atoms with E-state index in [1.165, 1.54) is 12.8 Å². The number of ether oxygens (including phenoxy) is 1. The summed E-state index contributed by atoms with van der Waals surface area (Å²) in [7, 11) is 4.14. The van der Waals surface area contributed by atoms with Crippen LogP contribution in [0.2, 0.25) is 0 Å². The second-order valence-electron chi connectivity index (χ2n) is 6.41. The second kappa shape index (κ2) is 5.87. The highest BCUT2D eigenvalue weighted by atomic mass is 16.5. The van der Waals surface area contributed by atoms with E-state index in [-0.39, 0.29) is 5.54 Å². The molecular formula is C15H26N4O. The molecule has 5 heteroatoms. The number of likely N-dealkylation sites (N-methyl/N-ethyl adjacent to an activating group) is 1. The van der Waals surface area contributed by atoms with Crippen LogP contribution in [-0.4, -0.2) is 42.7 Å². The van der Waals surface area contributed by atoms with Crippen LogP contribution in [0.5, 0.6) is 5.88 Å². The van der Waals surface area contributed by atoms with Crippen LogP contribution in [0.1, 0.15) is 26.7 Å². The van der Waals surface area contributed by atoms with Crippen molar-refractivity contribution >= 4 is 11.5 Å². The van der Waals surface area contributed by atoms with Gasteiger partial charge in [-0.1, -0.05) is 0 Å². The van der Waals surface area contributed by atoms with E-state index in [1.54, 1.807) is 0 Å². The second-order valence-corrected chi connectivity index (χ2v) is 6.41. The highest BCUT2D eigenvalue weighted by Gasteiger charge is 2.23. The molecule has 0 saturated heterocycles. The Morgan fingerprint density at radius 3 is 2.70 bits per heavy atom. The number of nitrogens with two attached hydrogens (primary N) is 1. The Kier molecular flexibility index (Phi) is 4.38. The first-order valence-corrected chi connectivity index (χ1v) is 7.19. The van der Waals surface area contributed by atoms with E-state index in [2.05, 4.69) is 43.1 Å². The summed E-state index contributed by atoms with van der Waals surface area (Å²) in [6, 6.07) is 3.74. The van der Waals surface area contributed by atoms with E-state index < -0.39 is 0 Å². The van der Waals surface area contributed by atoms with Crippen LogP contribution in [0.3, 0.4) is 0 Å². The lowest BCUT2D eigenvalue weighted by Gasteiger charge is -2.32. The van der Waals surface area contributed by atoms with E-state index in [9.17, 15) is 0 Å². The Morgan fingerprint density at radius 2 is 2.10 bits per heavy atom. The molecule has 3 N–H and O–H groups in total. The van der Waals surface area contributed by atoms with Crippen molar-refractivity contribution < 1.29 is 4.74 Å². The van der Waals surface area contributed by atoms with Crippen molar-refractivity contribution in [3.05, 3.63) is 12.1 Å². The molecule has 0 bridgehead atoms. The lowest BCUT2D eigenvalue weighted by atomic mass is 10.0. The van der Waals surface area contributed by atoms with Crippen LogP contribution < -0.4 is 15.8 Å². The number of nitrogens with one attached hydrogen (secondary N) is 1. The minimum atomic E-state index is 0.0537. The zero-order valence-corrected chi connectivity index (χ0v) is 12.9. The predicted molar refractivity (Wildman–Crippen MR) is 83.1 cm³/mol. The Balaban J connectivity index is 1.95. The third kappa shape index (κ3) is 4.00. The molecule has 1 aromatic heterocycles. The van der Waals surface area contributed by atoms with E-state index in [0.29, 0.717) is 17.5 Å². The summed E-state index contributed by atoms with van der Waals surface area (Å²) in [6.07, 6.45) is 2.52. The van der Waals surface area contributed by atoms with Crippen LogP contribution >= 0.6 is 0 Å². The molecule has 0 atom stereocenters. The number of aromatic nitrogens is 1. The van der Waals surface area contributed by atoms with Gasteiger partial charge in [-0.25, -0.2) is 0 Å². The largest absolute Gasteiger partial charge is 0.476 e. The summed E-state index contributed by atoms with van der Waals surface area (Å²) >= 11 is 0. The molecule has 2 rings (SSSR count). The van der Waals surface area contributed by atoms with Crippen molar-refractivity contribution in [3.8, 4) is 5.88 Å². The van der Waals surface area contributed by atoms with Gasteiger partial charge >= 0.3 is 0 Å². The van der Waals surface area contributed by atoms with Crippen LogP contribution in [-0.2, 0) is 0 Å². The molecule has 0 amide bonds. The summed E-state index contributed by atoms with van der Waals surface area (Å²) in [4.78, 5) is 6.64. The lowest BCUT2D eigenvalue weighted by molar-refractivity contribution is 0.210. The summed E-state index contributed by atoms with van der Waals surface area (Å²) in [6.45, 7) is 5.90. The number of nitrogen functional groups attached to an aromatic ring is 1. The molecule has 5 nitrogen and oxygen atoms in total. The molecule has 1 fully saturated rings. The van der Waals surface area contributed by atoms with Gasteiger partial charge in [0.15, 0.2) is 0 Å². The Morgan fingerprint density at radius 1 is 1.40 bits per heavy atom. The topological polar surface area (TPSA) is 63.4 Å². The standard InChI is InChI=1S/C15H26N4O/c1-15(2,19(3)4)10-17-13-8-7-12(16)14(18-13)20-9-11-5-6-11/h7-8,11H,5-6,9-10,16H2,1-4H3,(H,17,18). The summed E-state index contributed by atoms with van der Waals surface area (Å²) < 4.78 is 5.69. The SMILES string of the molecule is CN(C)C(C)(C)CNc1ccc(N)c(OCC2CC2)n1. The maximum atomic E-state index is 5.90. The Hall–Kier alpha value is -1.49. The molecule has 1 aliphatic carbocycles. The van der Waals surface area contributed by atoms with Crippen LogP contribution in [0, 0.1) is 5.92 Å². The third-order valence-corrected chi connectivity index (χ3v) is 3.96. The van der Waals surface area contributed by atoms with Gasteiger partial charge in [0.05, 0.1) is 12.3 Å². The number of anilines is 2. The molecule has 0 unspecified atom stereocenters. The van der Waals surface area contributed by atoms with Crippen LogP contribution in [0.25, 0.3) is 0 Å². The molecule has 0 radical (unpaired) electrons. The molecule has 1 saturated carbocycles. The molecule has 112 valence electrons. The maximum Gasteiger partial charge on any atom is 0.239 e. The molecule has 20 heavy (non-hydrogen) atoms. The van der Waals surface area contributed by atoms with Crippen molar-refractivity contribution in [2.45, 2.75) is 32.2 Å². The average Bonchev–Trinajstić information content (AvgIpc) is 3.20. The Bertz CT molecular complexity index is 455. The van der Waals surface area contributed by atoms with E-state index >= 15 is 0 Å². The predicted octanol–water partition coefficient (Wildman–Crippen LogP) is 2.20. The average molecular weight is 278 g/mol. The van der Waals surface area contributed by atoms with Gasteiger partial charge in [-0.2, -0.15) is 4.98 Å². The number of rotatable bonds is 7. The highest BCUT2D eigenvalue weighted by molar-refractivity contribution is 5.53. The molecule has 1 aliphatic rings. The summed E-state index contributed by atoms with van der Waals surface area (Å²) in [5.74, 6) is 2.05. The first kappa shape index (κ1) is 14.9. The van der Waals surface area contributed by atoms with Crippen LogP contribution in [0.15, 0.2) is 12.1 Å². The molecule has 0 aliphatic heterocycles. The van der Waals surface area contributed by atoms with Crippen molar-refractivity contribution in [2.75, 3.05) is 38.3 Å². The fourth-order valence-corrected chi connectivity index (χ4v) is 1.61. The molecule has 1 aromatic rings. The smallest absolute Gasteiger partial charge is 0.239 e. The first-order chi connectivity index (χ1) is 9.38. The van der Waals surface area contributed by atoms with E-state index in [4.69, 9.17) is 10.5 Å². The molecule has 0 spiro atoms. The van der Waals surface area contributed by atoms with Crippen molar-refractivity contribution in [1.29, 1.82) is 0 Å². The van der Waals surface area contributed by atoms with Crippen LogP contribution in [0.4, 0.5) is 11.5 Å². The minimum absolute atomic E-state index is 0.0537. The zero-order chi connectivity index (χ0) is 14.8. The van der Waals surface area contributed by atoms with Gasteiger partial charge in [0.1, 0.15) is 5.82 Å². The van der Waals surface area contributed by atoms with Gasteiger partial charge in [0.25, 0.3) is 0 Å². The molecule has 0 aromatic carbocycles. The van der Waals surface area contributed by atoms with E-state index in [0.717, 1.165) is 19.0 Å². The monoisotopic (exact) mass is 278 g/mol. The minimum Gasteiger partial charge on any atom is -0.476 e. The quantitative estimate of drug-likeness (QED) is 0.800. The summed E-state index contributed by atoms with van der Waals surface area (Å²) in [5, 5.41) is 3.35. The fourth-order valence-electron chi connectivity index (χ4n) is 1.61. The number of pyridine rings is 1. The summed E-state index contributed by atoms with van der Waals surface area (Å²) in [5.41, 5.74) is 6.56. The first-order valence-electron chi connectivity index (χ1n) is 7.19. The van der Waals surface area contributed by atoms with Gasteiger partial charge in [-0.15, -0.1) is 0 Å². The van der Waals surface area contributed by atoms with Gasteiger partial charge in [0, 0.05) is 12.1 Å². The molecular weight excluding hydrogens is 252 g/mol.